The van der Waals surface area contributed by atoms with Crippen LogP contribution in [0.5, 0.6) is 0 Å². The van der Waals surface area contributed by atoms with Crippen LogP contribution in [0.3, 0.4) is 0 Å². The average molecular weight is 193 g/mol. The summed E-state index contributed by atoms with van der Waals surface area (Å²) in [7, 11) is 0. The standard InChI is InChI=1S/C10H15N3O/c1-8-4-5-11-10(13-8)12-7-9-3-2-6-14-9/h4-5,9H,2-3,6-7H2,1H3,(H,11,12,13). The Morgan fingerprint density at radius 3 is 3.29 bits per heavy atom. The SMILES string of the molecule is Cc1ccnc(NCC2CCCO2)n1. The van der Waals surface area contributed by atoms with Gasteiger partial charge in [0.1, 0.15) is 0 Å². The number of hydrogen-bond donors (Lipinski definition) is 1. The molecular formula is C10H15N3O. The zero-order valence-corrected chi connectivity index (χ0v) is 8.36. The quantitative estimate of drug-likeness (QED) is 0.787. The molecule has 0 radical (unpaired) electrons. The maximum absolute atomic E-state index is 5.49. The summed E-state index contributed by atoms with van der Waals surface area (Å²) in [6, 6.07) is 1.89. The summed E-state index contributed by atoms with van der Waals surface area (Å²) in [5, 5.41) is 3.18. The van der Waals surface area contributed by atoms with Gasteiger partial charge in [-0.3, -0.25) is 0 Å². The zero-order chi connectivity index (χ0) is 9.80. The topological polar surface area (TPSA) is 47.0 Å². The van der Waals surface area contributed by atoms with Gasteiger partial charge in [-0.2, -0.15) is 0 Å². The van der Waals surface area contributed by atoms with Crippen LogP contribution in [0.4, 0.5) is 5.95 Å². The maximum Gasteiger partial charge on any atom is 0.222 e. The number of aryl methyl sites for hydroxylation is 1. The number of rotatable bonds is 3. The fourth-order valence-electron chi connectivity index (χ4n) is 1.54. The van der Waals surface area contributed by atoms with Crippen molar-refractivity contribution in [3.63, 3.8) is 0 Å². The summed E-state index contributed by atoms with van der Waals surface area (Å²) >= 11 is 0. The van der Waals surface area contributed by atoms with Crippen LogP contribution in [0, 0.1) is 6.92 Å². The monoisotopic (exact) mass is 193 g/mol. The van der Waals surface area contributed by atoms with Gasteiger partial charge in [-0.25, -0.2) is 9.97 Å². The predicted molar refractivity (Wildman–Crippen MR) is 54.2 cm³/mol. The Bertz CT molecular complexity index is 297. The van der Waals surface area contributed by atoms with Crippen molar-refractivity contribution in [3.8, 4) is 0 Å². The molecule has 1 fully saturated rings. The Hall–Kier alpha value is -1.16. The molecule has 1 aliphatic rings. The van der Waals surface area contributed by atoms with Crippen molar-refractivity contribution in [1.82, 2.24) is 9.97 Å². The molecule has 2 heterocycles. The van der Waals surface area contributed by atoms with Crippen LogP contribution in [0.2, 0.25) is 0 Å². The molecular weight excluding hydrogens is 178 g/mol. The van der Waals surface area contributed by atoms with Crippen molar-refractivity contribution >= 4 is 5.95 Å². The fourth-order valence-corrected chi connectivity index (χ4v) is 1.54. The van der Waals surface area contributed by atoms with E-state index in [2.05, 4.69) is 15.3 Å². The molecule has 1 aromatic rings. The highest BCUT2D eigenvalue weighted by Gasteiger charge is 2.14. The summed E-state index contributed by atoms with van der Waals surface area (Å²) in [6.07, 6.45) is 4.40. The lowest BCUT2D eigenvalue weighted by Crippen LogP contribution is -2.19. The van der Waals surface area contributed by atoms with Crippen LogP contribution < -0.4 is 5.32 Å². The second kappa shape index (κ2) is 4.37. The van der Waals surface area contributed by atoms with E-state index in [1.165, 1.54) is 6.42 Å². The molecule has 1 N–H and O–H groups in total. The Morgan fingerprint density at radius 1 is 1.64 bits per heavy atom. The second-order valence-corrected chi connectivity index (χ2v) is 3.54. The van der Waals surface area contributed by atoms with E-state index < -0.39 is 0 Å². The van der Waals surface area contributed by atoms with Crippen LogP contribution in [-0.4, -0.2) is 29.2 Å². The van der Waals surface area contributed by atoms with Crippen molar-refractivity contribution in [2.45, 2.75) is 25.9 Å². The third-order valence-corrected chi connectivity index (χ3v) is 2.31. The lowest BCUT2D eigenvalue weighted by Gasteiger charge is -2.10. The van der Waals surface area contributed by atoms with Crippen LogP contribution in [0.15, 0.2) is 12.3 Å². The van der Waals surface area contributed by atoms with Crippen LogP contribution in [0.1, 0.15) is 18.5 Å². The molecule has 1 aromatic heterocycles. The summed E-state index contributed by atoms with van der Waals surface area (Å²) in [6.45, 7) is 3.66. The van der Waals surface area contributed by atoms with Crippen molar-refractivity contribution in [2.75, 3.05) is 18.5 Å². The molecule has 4 nitrogen and oxygen atoms in total. The van der Waals surface area contributed by atoms with Crippen molar-refractivity contribution in [2.24, 2.45) is 0 Å². The second-order valence-electron chi connectivity index (χ2n) is 3.54. The number of anilines is 1. The lowest BCUT2D eigenvalue weighted by atomic mass is 10.2. The highest BCUT2D eigenvalue weighted by atomic mass is 16.5. The minimum Gasteiger partial charge on any atom is -0.376 e. The first-order valence-corrected chi connectivity index (χ1v) is 5.00. The number of hydrogen-bond acceptors (Lipinski definition) is 4. The van der Waals surface area contributed by atoms with Crippen molar-refractivity contribution in [3.05, 3.63) is 18.0 Å². The first-order chi connectivity index (χ1) is 6.84. The van der Waals surface area contributed by atoms with Gasteiger partial charge in [-0.05, 0) is 25.8 Å². The molecule has 1 aliphatic heterocycles. The summed E-state index contributed by atoms with van der Waals surface area (Å²) in [5.41, 5.74) is 0.981. The molecule has 4 heteroatoms. The molecule has 1 unspecified atom stereocenters. The van der Waals surface area contributed by atoms with Gasteiger partial charge in [0.2, 0.25) is 5.95 Å². The van der Waals surface area contributed by atoms with Gasteiger partial charge >= 0.3 is 0 Å². The molecule has 2 rings (SSSR count). The summed E-state index contributed by atoms with van der Waals surface area (Å²) in [5.74, 6) is 0.695. The molecule has 0 aliphatic carbocycles. The van der Waals surface area contributed by atoms with E-state index in [4.69, 9.17) is 4.74 Å². The molecule has 76 valence electrons. The molecule has 0 saturated carbocycles. The van der Waals surface area contributed by atoms with Crippen LogP contribution in [0.25, 0.3) is 0 Å². The van der Waals surface area contributed by atoms with Gasteiger partial charge in [0, 0.05) is 25.0 Å². The Balaban J connectivity index is 1.85. The lowest BCUT2D eigenvalue weighted by molar-refractivity contribution is 0.120. The fraction of sp³-hybridized carbons (Fsp3) is 0.600. The maximum atomic E-state index is 5.49. The number of aromatic nitrogens is 2. The van der Waals surface area contributed by atoms with E-state index in [0.29, 0.717) is 12.1 Å². The van der Waals surface area contributed by atoms with Gasteiger partial charge in [0.15, 0.2) is 0 Å². The first kappa shape index (κ1) is 9.40. The molecule has 1 atom stereocenters. The largest absolute Gasteiger partial charge is 0.376 e. The Kier molecular flexibility index (Phi) is 2.93. The van der Waals surface area contributed by atoms with E-state index in [-0.39, 0.29) is 0 Å². The third-order valence-electron chi connectivity index (χ3n) is 2.31. The van der Waals surface area contributed by atoms with Crippen molar-refractivity contribution in [1.29, 1.82) is 0 Å². The molecule has 14 heavy (non-hydrogen) atoms. The Labute approximate surface area is 83.7 Å². The van der Waals surface area contributed by atoms with Crippen LogP contribution in [-0.2, 0) is 4.74 Å². The smallest absolute Gasteiger partial charge is 0.222 e. The molecule has 0 spiro atoms. The van der Waals surface area contributed by atoms with Gasteiger partial charge in [-0.1, -0.05) is 0 Å². The minimum absolute atomic E-state index is 0.333. The predicted octanol–water partition coefficient (Wildman–Crippen LogP) is 1.38. The van der Waals surface area contributed by atoms with E-state index in [1.807, 2.05) is 13.0 Å². The number of ether oxygens (including phenoxy) is 1. The van der Waals surface area contributed by atoms with Gasteiger partial charge in [-0.15, -0.1) is 0 Å². The summed E-state index contributed by atoms with van der Waals surface area (Å²) in [4.78, 5) is 8.38. The highest BCUT2D eigenvalue weighted by Crippen LogP contribution is 2.12. The van der Waals surface area contributed by atoms with Crippen molar-refractivity contribution < 1.29 is 4.74 Å². The van der Waals surface area contributed by atoms with E-state index in [9.17, 15) is 0 Å². The average Bonchev–Trinajstić information content (AvgIpc) is 2.67. The van der Waals surface area contributed by atoms with Gasteiger partial charge in [0.05, 0.1) is 6.10 Å². The first-order valence-electron chi connectivity index (χ1n) is 5.00. The zero-order valence-electron chi connectivity index (χ0n) is 8.36. The van der Waals surface area contributed by atoms with Gasteiger partial charge in [0.25, 0.3) is 0 Å². The molecule has 0 amide bonds. The van der Waals surface area contributed by atoms with E-state index >= 15 is 0 Å². The number of nitrogens with one attached hydrogen (secondary N) is 1. The van der Waals surface area contributed by atoms with Crippen LogP contribution >= 0.6 is 0 Å². The molecule has 1 saturated heterocycles. The highest BCUT2D eigenvalue weighted by molar-refractivity contribution is 5.24. The Morgan fingerprint density at radius 2 is 2.57 bits per heavy atom. The summed E-state index contributed by atoms with van der Waals surface area (Å²) < 4.78 is 5.49. The normalized spacial score (nSPS) is 21.1. The van der Waals surface area contributed by atoms with E-state index in [1.54, 1.807) is 6.20 Å². The number of nitrogens with zero attached hydrogens (tertiary/aromatic N) is 2. The molecule has 0 bridgehead atoms. The third kappa shape index (κ3) is 2.42. The van der Waals surface area contributed by atoms with E-state index in [0.717, 1.165) is 25.3 Å². The van der Waals surface area contributed by atoms with Gasteiger partial charge < -0.3 is 10.1 Å². The minimum atomic E-state index is 0.333. The molecule has 0 aromatic carbocycles.